The van der Waals surface area contributed by atoms with Crippen LogP contribution in [0.25, 0.3) is 0 Å². The highest BCUT2D eigenvalue weighted by atomic mass is 16.5. The zero-order chi connectivity index (χ0) is 16.9. The molecule has 1 saturated heterocycles. The van der Waals surface area contributed by atoms with Crippen molar-refractivity contribution < 1.29 is 14.3 Å². The molecule has 1 N–H and O–H groups in total. The van der Waals surface area contributed by atoms with Crippen LogP contribution < -0.4 is 10.2 Å². The minimum atomic E-state index is -0.446. The van der Waals surface area contributed by atoms with Crippen molar-refractivity contribution >= 4 is 23.3 Å². The molecule has 1 amide bonds. The number of amides is 1. The number of carbonyl (C=O) groups is 2. The Bertz CT molecular complexity index is 743. The summed E-state index contributed by atoms with van der Waals surface area (Å²) in [5, 5.41) is 2.83. The van der Waals surface area contributed by atoms with Crippen LogP contribution in [0.3, 0.4) is 0 Å². The summed E-state index contributed by atoms with van der Waals surface area (Å²) in [6, 6.07) is 5.18. The molecule has 1 aliphatic rings. The van der Waals surface area contributed by atoms with Gasteiger partial charge in [0, 0.05) is 25.5 Å². The molecule has 2 aromatic rings. The van der Waals surface area contributed by atoms with Crippen LogP contribution in [0, 0.1) is 0 Å². The fraction of sp³-hybridized carbons (Fsp3) is 0.294. The average molecular weight is 326 g/mol. The Morgan fingerprint density at radius 2 is 2.00 bits per heavy atom. The van der Waals surface area contributed by atoms with Crippen LogP contribution in [-0.4, -0.2) is 42.0 Å². The summed E-state index contributed by atoms with van der Waals surface area (Å²) >= 11 is 0. The van der Waals surface area contributed by atoms with E-state index < -0.39 is 5.97 Å². The third-order valence-electron chi connectivity index (χ3n) is 3.91. The Kier molecular flexibility index (Phi) is 4.69. The fourth-order valence-corrected chi connectivity index (χ4v) is 2.72. The van der Waals surface area contributed by atoms with Crippen molar-refractivity contribution in [3.8, 4) is 0 Å². The van der Waals surface area contributed by atoms with Crippen LogP contribution in [0.5, 0.6) is 0 Å². The summed E-state index contributed by atoms with van der Waals surface area (Å²) in [5.41, 5.74) is 2.05. The van der Waals surface area contributed by atoms with E-state index in [-0.39, 0.29) is 11.6 Å². The van der Waals surface area contributed by atoms with Crippen molar-refractivity contribution in [1.29, 1.82) is 0 Å². The summed E-state index contributed by atoms with van der Waals surface area (Å²) in [5.74, 6) is -0.816. The Balaban J connectivity index is 1.92. The summed E-state index contributed by atoms with van der Waals surface area (Å²) in [4.78, 5) is 34.2. The highest BCUT2D eigenvalue weighted by Gasteiger charge is 2.19. The number of carbonyl (C=O) groups excluding carboxylic acids is 2. The van der Waals surface area contributed by atoms with E-state index in [9.17, 15) is 9.59 Å². The minimum Gasteiger partial charge on any atom is -0.465 e. The molecule has 24 heavy (non-hydrogen) atoms. The van der Waals surface area contributed by atoms with E-state index in [1.807, 2.05) is 6.07 Å². The number of hydrogen-bond acceptors (Lipinski definition) is 6. The second kappa shape index (κ2) is 7.08. The van der Waals surface area contributed by atoms with Gasteiger partial charge in [0.2, 0.25) is 0 Å². The van der Waals surface area contributed by atoms with Gasteiger partial charge in [0.05, 0.1) is 30.2 Å². The molecule has 3 rings (SSSR count). The van der Waals surface area contributed by atoms with Crippen molar-refractivity contribution in [2.75, 3.05) is 30.4 Å². The molecule has 0 radical (unpaired) electrons. The van der Waals surface area contributed by atoms with E-state index in [4.69, 9.17) is 4.74 Å². The van der Waals surface area contributed by atoms with Crippen LogP contribution >= 0.6 is 0 Å². The smallest absolute Gasteiger partial charge is 0.337 e. The molecule has 1 aromatic heterocycles. The molecule has 124 valence electrons. The van der Waals surface area contributed by atoms with Gasteiger partial charge in [0.15, 0.2) is 0 Å². The zero-order valence-electron chi connectivity index (χ0n) is 13.4. The standard InChI is InChI=1S/C17H18N4O3/c1-24-17(23)12-4-5-15(21-8-2-3-9-21)13(10-12)20-16(22)14-11-18-6-7-19-14/h4-7,10-11H,2-3,8-9H2,1H3,(H,20,22). The van der Waals surface area contributed by atoms with Crippen LogP contribution in [0.1, 0.15) is 33.7 Å². The number of ether oxygens (including phenoxy) is 1. The van der Waals surface area contributed by atoms with E-state index >= 15 is 0 Å². The van der Waals surface area contributed by atoms with Gasteiger partial charge >= 0.3 is 5.97 Å². The normalized spacial score (nSPS) is 13.6. The maximum Gasteiger partial charge on any atom is 0.337 e. The molecule has 0 unspecified atom stereocenters. The first-order valence-corrected chi connectivity index (χ1v) is 7.73. The van der Waals surface area contributed by atoms with Crippen molar-refractivity contribution in [2.45, 2.75) is 12.8 Å². The third-order valence-corrected chi connectivity index (χ3v) is 3.91. The van der Waals surface area contributed by atoms with Crippen LogP contribution in [0.4, 0.5) is 11.4 Å². The van der Waals surface area contributed by atoms with Gasteiger partial charge in [-0.25, -0.2) is 9.78 Å². The number of nitrogens with one attached hydrogen (secondary N) is 1. The lowest BCUT2D eigenvalue weighted by atomic mass is 10.1. The lowest BCUT2D eigenvalue weighted by molar-refractivity contribution is 0.0600. The van der Waals surface area contributed by atoms with Gasteiger partial charge in [-0.3, -0.25) is 9.78 Å². The molecule has 7 nitrogen and oxygen atoms in total. The van der Waals surface area contributed by atoms with Crippen LogP contribution in [0.2, 0.25) is 0 Å². The van der Waals surface area contributed by atoms with Gasteiger partial charge in [0.25, 0.3) is 5.91 Å². The molecule has 0 saturated carbocycles. The number of benzene rings is 1. The number of hydrogen-bond donors (Lipinski definition) is 1. The van der Waals surface area contributed by atoms with E-state index in [1.165, 1.54) is 25.7 Å². The average Bonchev–Trinajstić information content (AvgIpc) is 3.16. The third kappa shape index (κ3) is 3.34. The Morgan fingerprint density at radius 3 is 2.67 bits per heavy atom. The van der Waals surface area contributed by atoms with Gasteiger partial charge in [0.1, 0.15) is 5.69 Å². The number of aromatic nitrogens is 2. The first-order chi connectivity index (χ1) is 11.7. The van der Waals surface area contributed by atoms with Gasteiger partial charge < -0.3 is 15.0 Å². The molecule has 0 bridgehead atoms. The molecule has 1 aliphatic heterocycles. The van der Waals surface area contributed by atoms with E-state index in [0.29, 0.717) is 11.3 Å². The van der Waals surface area contributed by atoms with Gasteiger partial charge in [-0.1, -0.05) is 0 Å². The number of anilines is 2. The summed E-state index contributed by atoms with van der Waals surface area (Å²) in [6.07, 6.45) is 6.58. The molecule has 0 spiro atoms. The molecular formula is C17H18N4O3. The van der Waals surface area contributed by atoms with Gasteiger partial charge in [-0.15, -0.1) is 0 Å². The molecule has 0 atom stereocenters. The number of methoxy groups -OCH3 is 1. The molecule has 0 aliphatic carbocycles. The summed E-state index contributed by atoms with van der Waals surface area (Å²) in [6.45, 7) is 1.84. The Labute approximate surface area is 139 Å². The second-order valence-electron chi connectivity index (χ2n) is 5.46. The Morgan fingerprint density at radius 1 is 1.21 bits per heavy atom. The van der Waals surface area contributed by atoms with Crippen molar-refractivity contribution in [3.05, 3.63) is 48.0 Å². The SMILES string of the molecule is COC(=O)c1ccc(N2CCCC2)c(NC(=O)c2cnccn2)c1. The largest absolute Gasteiger partial charge is 0.465 e. The topological polar surface area (TPSA) is 84.4 Å². The zero-order valence-corrected chi connectivity index (χ0v) is 13.4. The summed E-state index contributed by atoms with van der Waals surface area (Å²) in [7, 11) is 1.33. The predicted molar refractivity (Wildman–Crippen MR) is 89.2 cm³/mol. The first kappa shape index (κ1) is 15.9. The number of rotatable bonds is 4. The van der Waals surface area contributed by atoms with Gasteiger partial charge in [-0.2, -0.15) is 0 Å². The number of nitrogens with zero attached hydrogens (tertiary/aromatic N) is 3. The fourth-order valence-electron chi connectivity index (χ4n) is 2.72. The number of esters is 1. The van der Waals surface area contributed by atoms with Crippen molar-refractivity contribution in [1.82, 2.24) is 9.97 Å². The highest BCUT2D eigenvalue weighted by Crippen LogP contribution is 2.30. The van der Waals surface area contributed by atoms with Crippen LogP contribution in [-0.2, 0) is 4.74 Å². The molecular weight excluding hydrogens is 308 g/mol. The first-order valence-electron chi connectivity index (χ1n) is 7.73. The van der Waals surface area contributed by atoms with Crippen LogP contribution in [0.15, 0.2) is 36.8 Å². The molecule has 7 heteroatoms. The van der Waals surface area contributed by atoms with Crippen molar-refractivity contribution in [3.63, 3.8) is 0 Å². The monoisotopic (exact) mass is 326 g/mol. The Hall–Kier alpha value is -2.96. The van der Waals surface area contributed by atoms with Crippen molar-refractivity contribution in [2.24, 2.45) is 0 Å². The minimum absolute atomic E-state index is 0.216. The lowest BCUT2D eigenvalue weighted by Crippen LogP contribution is -2.22. The summed E-state index contributed by atoms with van der Waals surface area (Å²) < 4.78 is 4.76. The molecule has 1 fully saturated rings. The predicted octanol–water partition coefficient (Wildman–Crippen LogP) is 2.12. The van der Waals surface area contributed by atoms with Gasteiger partial charge in [-0.05, 0) is 31.0 Å². The van der Waals surface area contributed by atoms with E-state index in [0.717, 1.165) is 31.6 Å². The molecule has 2 heterocycles. The highest BCUT2D eigenvalue weighted by molar-refractivity contribution is 6.05. The second-order valence-corrected chi connectivity index (χ2v) is 5.46. The quantitative estimate of drug-likeness (QED) is 0.866. The van der Waals surface area contributed by atoms with E-state index in [1.54, 1.807) is 12.1 Å². The maximum atomic E-state index is 12.4. The lowest BCUT2D eigenvalue weighted by Gasteiger charge is -2.22. The molecule has 1 aromatic carbocycles. The maximum absolute atomic E-state index is 12.4. The van der Waals surface area contributed by atoms with E-state index in [2.05, 4.69) is 20.2 Å².